The summed E-state index contributed by atoms with van der Waals surface area (Å²) in [5.41, 5.74) is 0. The van der Waals surface area contributed by atoms with Crippen LogP contribution in [0.3, 0.4) is 0 Å². The fourth-order valence-corrected chi connectivity index (χ4v) is 1.50. The summed E-state index contributed by atoms with van der Waals surface area (Å²) in [6.07, 6.45) is 0. The van der Waals surface area contributed by atoms with E-state index in [2.05, 4.69) is 5.32 Å². The van der Waals surface area contributed by atoms with E-state index < -0.39 is 0 Å². The second-order valence-corrected chi connectivity index (χ2v) is 3.04. The van der Waals surface area contributed by atoms with Crippen LogP contribution in [0, 0.1) is 5.92 Å². The number of hydrogen-bond donors (Lipinski definition) is 1. The van der Waals surface area contributed by atoms with Crippen molar-refractivity contribution in [2.75, 3.05) is 25.1 Å². The van der Waals surface area contributed by atoms with Gasteiger partial charge in [0.1, 0.15) is 0 Å². The molecule has 0 aromatic carbocycles. The first kappa shape index (κ1) is 5.45. The Morgan fingerprint density at radius 2 is 2.43 bits per heavy atom. The van der Waals surface area contributed by atoms with Crippen molar-refractivity contribution in [3.63, 3.8) is 0 Å². The molecule has 0 aromatic rings. The third-order valence-corrected chi connectivity index (χ3v) is 2.61. The lowest BCUT2D eigenvalue weighted by molar-refractivity contribution is 0.588. The third kappa shape index (κ3) is 1.35. The van der Waals surface area contributed by atoms with E-state index in [4.69, 9.17) is 0 Å². The molecule has 0 saturated carbocycles. The van der Waals surface area contributed by atoms with Crippen molar-refractivity contribution in [2.24, 2.45) is 5.92 Å². The van der Waals surface area contributed by atoms with E-state index in [-0.39, 0.29) is 0 Å². The van der Waals surface area contributed by atoms with Gasteiger partial charge in [-0.1, -0.05) is 0 Å². The van der Waals surface area contributed by atoms with Crippen LogP contribution >= 0.6 is 11.8 Å². The van der Waals surface area contributed by atoms with Crippen molar-refractivity contribution >= 4 is 11.8 Å². The molecule has 1 heterocycles. The molecule has 1 fully saturated rings. The molecule has 0 unspecified atom stereocenters. The van der Waals surface area contributed by atoms with E-state index >= 15 is 0 Å². The Morgan fingerprint density at radius 3 is 2.57 bits per heavy atom. The SMILES string of the molecule is CNCC1CSC1. The standard InChI is InChI=1S/C5H11NS/c1-6-2-5-3-7-4-5/h5-6H,2-4H2,1H3. The zero-order chi connectivity index (χ0) is 5.11. The molecule has 1 N–H and O–H groups in total. The van der Waals surface area contributed by atoms with E-state index in [0.29, 0.717) is 0 Å². The molecular weight excluding hydrogens is 106 g/mol. The highest BCUT2D eigenvalue weighted by atomic mass is 32.2. The molecule has 2 heteroatoms. The highest BCUT2D eigenvalue weighted by Gasteiger charge is 2.15. The Balaban J connectivity index is 1.93. The first-order valence-electron chi connectivity index (χ1n) is 2.66. The molecule has 0 bridgehead atoms. The first-order chi connectivity index (χ1) is 3.43. The van der Waals surface area contributed by atoms with Crippen LogP contribution in [0.15, 0.2) is 0 Å². The van der Waals surface area contributed by atoms with Crippen LogP contribution in [0.2, 0.25) is 0 Å². The van der Waals surface area contributed by atoms with Gasteiger partial charge in [0.2, 0.25) is 0 Å². The van der Waals surface area contributed by atoms with E-state index in [0.717, 1.165) is 5.92 Å². The minimum Gasteiger partial charge on any atom is -0.319 e. The quantitative estimate of drug-likeness (QED) is 0.567. The van der Waals surface area contributed by atoms with Gasteiger partial charge in [0.15, 0.2) is 0 Å². The Bertz CT molecular complexity index is 52.0. The van der Waals surface area contributed by atoms with E-state index in [1.165, 1.54) is 18.1 Å². The fraction of sp³-hybridized carbons (Fsp3) is 1.00. The van der Waals surface area contributed by atoms with Crippen molar-refractivity contribution in [2.45, 2.75) is 0 Å². The summed E-state index contributed by atoms with van der Waals surface area (Å²) in [5, 5.41) is 3.16. The highest BCUT2D eigenvalue weighted by molar-refractivity contribution is 8.00. The Kier molecular flexibility index (Phi) is 2.00. The summed E-state index contributed by atoms with van der Waals surface area (Å²) in [7, 11) is 2.02. The summed E-state index contributed by atoms with van der Waals surface area (Å²) >= 11 is 2.05. The minimum absolute atomic E-state index is 0.981. The largest absolute Gasteiger partial charge is 0.319 e. The summed E-state index contributed by atoms with van der Waals surface area (Å²) in [5.74, 6) is 3.73. The molecule has 1 nitrogen and oxygen atoms in total. The predicted molar refractivity (Wildman–Crippen MR) is 34.7 cm³/mol. The molecule has 7 heavy (non-hydrogen) atoms. The topological polar surface area (TPSA) is 12.0 Å². The summed E-state index contributed by atoms with van der Waals surface area (Å²) in [4.78, 5) is 0. The maximum atomic E-state index is 3.16. The zero-order valence-corrected chi connectivity index (χ0v) is 5.42. The van der Waals surface area contributed by atoms with Gasteiger partial charge in [-0.15, -0.1) is 0 Å². The van der Waals surface area contributed by atoms with Gasteiger partial charge in [-0.05, 0) is 31.0 Å². The van der Waals surface area contributed by atoms with Gasteiger partial charge < -0.3 is 5.32 Å². The number of hydrogen-bond acceptors (Lipinski definition) is 2. The second-order valence-electron chi connectivity index (χ2n) is 1.96. The molecule has 1 rings (SSSR count). The van der Waals surface area contributed by atoms with Gasteiger partial charge in [-0.2, -0.15) is 11.8 Å². The van der Waals surface area contributed by atoms with Crippen LogP contribution in [0.25, 0.3) is 0 Å². The monoisotopic (exact) mass is 117 g/mol. The number of rotatable bonds is 2. The van der Waals surface area contributed by atoms with Crippen LogP contribution in [0.5, 0.6) is 0 Å². The third-order valence-electron chi connectivity index (χ3n) is 1.20. The van der Waals surface area contributed by atoms with E-state index in [9.17, 15) is 0 Å². The smallest absolute Gasteiger partial charge is 0.000772 e. The molecule has 1 saturated heterocycles. The van der Waals surface area contributed by atoms with Gasteiger partial charge in [0, 0.05) is 0 Å². The Labute approximate surface area is 48.9 Å². The fourth-order valence-electron chi connectivity index (χ4n) is 0.691. The van der Waals surface area contributed by atoms with Crippen molar-refractivity contribution in [1.29, 1.82) is 0 Å². The van der Waals surface area contributed by atoms with Gasteiger partial charge in [-0.3, -0.25) is 0 Å². The maximum Gasteiger partial charge on any atom is -0.000772 e. The molecule has 1 aliphatic heterocycles. The van der Waals surface area contributed by atoms with Gasteiger partial charge in [0.05, 0.1) is 0 Å². The van der Waals surface area contributed by atoms with Gasteiger partial charge in [-0.25, -0.2) is 0 Å². The van der Waals surface area contributed by atoms with Gasteiger partial charge in [0.25, 0.3) is 0 Å². The lowest BCUT2D eigenvalue weighted by Crippen LogP contribution is -2.28. The average molecular weight is 117 g/mol. The zero-order valence-electron chi connectivity index (χ0n) is 4.61. The van der Waals surface area contributed by atoms with E-state index in [1.807, 2.05) is 18.8 Å². The lowest BCUT2D eigenvalue weighted by atomic mass is 10.2. The van der Waals surface area contributed by atoms with Crippen LogP contribution < -0.4 is 5.32 Å². The molecule has 0 spiro atoms. The first-order valence-corrected chi connectivity index (χ1v) is 3.81. The summed E-state index contributed by atoms with van der Waals surface area (Å²) < 4.78 is 0. The number of nitrogens with one attached hydrogen (secondary N) is 1. The van der Waals surface area contributed by atoms with E-state index in [1.54, 1.807) is 0 Å². The second kappa shape index (κ2) is 2.58. The predicted octanol–water partition coefficient (Wildman–Crippen LogP) is 0.569. The van der Waals surface area contributed by atoms with Crippen LogP contribution in [0.1, 0.15) is 0 Å². The normalized spacial score (nSPS) is 21.9. The summed E-state index contributed by atoms with van der Waals surface area (Å²) in [6.45, 7) is 1.22. The lowest BCUT2D eigenvalue weighted by Gasteiger charge is -2.23. The van der Waals surface area contributed by atoms with Crippen molar-refractivity contribution < 1.29 is 0 Å². The molecular formula is C5H11NS. The van der Waals surface area contributed by atoms with Gasteiger partial charge >= 0.3 is 0 Å². The maximum absolute atomic E-state index is 3.16. The Morgan fingerprint density at radius 1 is 1.71 bits per heavy atom. The molecule has 1 aliphatic rings. The minimum atomic E-state index is 0.981. The van der Waals surface area contributed by atoms with Crippen molar-refractivity contribution in [1.82, 2.24) is 5.32 Å². The molecule has 0 aromatic heterocycles. The average Bonchev–Trinajstić information content (AvgIpc) is 1.55. The molecule has 42 valence electrons. The van der Waals surface area contributed by atoms with Crippen LogP contribution in [-0.2, 0) is 0 Å². The summed E-state index contributed by atoms with van der Waals surface area (Å²) in [6, 6.07) is 0. The molecule has 0 atom stereocenters. The molecule has 0 radical (unpaired) electrons. The highest BCUT2D eigenvalue weighted by Crippen LogP contribution is 2.22. The number of thioether (sulfide) groups is 1. The van der Waals surface area contributed by atoms with Crippen molar-refractivity contribution in [3.05, 3.63) is 0 Å². The Hall–Kier alpha value is 0.310. The van der Waals surface area contributed by atoms with Crippen LogP contribution in [-0.4, -0.2) is 25.1 Å². The molecule has 0 aliphatic carbocycles. The van der Waals surface area contributed by atoms with Crippen LogP contribution in [0.4, 0.5) is 0 Å². The van der Waals surface area contributed by atoms with Crippen molar-refractivity contribution in [3.8, 4) is 0 Å². The molecule has 0 amide bonds.